The lowest BCUT2D eigenvalue weighted by Crippen LogP contribution is -2.48. The molecule has 1 aromatic carbocycles. The molecule has 0 amide bonds. The van der Waals surface area contributed by atoms with Crippen LogP contribution in [0.1, 0.15) is 25.0 Å². The van der Waals surface area contributed by atoms with Gasteiger partial charge in [0.25, 0.3) is 0 Å². The van der Waals surface area contributed by atoms with Gasteiger partial charge in [-0.1, -0.05) is 38.1 Å². The van der Waals surface area contributed by atoms with Crippen molar-refractivity contribution in [1.82, 2.24) is 15.1 Å². The zero-order valence-electron chi connectivity index (χ0n) is 15.7. The highest BCUT2D eigenvalue weighted by Crippen LogP contribution is 2.24. The Morgan fingerprint density at radius 2 is 1.96 bits per heavy atom. The first-order valence-corrected chi connectivity index (χ1v) is 9.84. The fraction of sp³-hybridized carbons (Fsp3) is 0.632. The molecular formula is C19H32N4S. The molecule has 2 rings (SSSR count). The van der Waals surface area contributed by atoms with Gasteiger partial charge in [-0.25, -0.2) is 0 Å². The van der Waals surface area contributed by atoms with Gasteiger partial charge in [0.15, 0.2) is 5.96 Å². The lowest BCUT2D eigenvalue weighted by molar-refractivity contribution is 0.380. The number of aliphatic imine (C=N–C) groups is 1. The third-order valence-corrected chi connectivity index (χ3v) is 5.86. The number of guanidine groups is 1. The van der Waals surface area contributed by atoms with Gasteiger partial charge < -0.3 is 15.1 Å². The molecule has 1 N–H and O–H groups in total. The van der Waals surface area contributed by atoms with Gasteiger partial charge in [-0.3, -0.25) is 4.99 Å². The maximum absolute atomic E-state index is 4.49. The Labute approximate surface area is 151 Å². The molecule has 1 unspecified atom stereocenters. The van der Waals surface area contributed by atoms with Gasteiger partial charge in [-0.2, -0.15) is 11.8 Å². The van der Waals surface area contributed by atoms with Crippen LogP contribution in [0.15, 0.2) is 29.3 Å². The molecule has 0 saturated carbocycles. The van der Waals surface area contributed by atoms with E-state index in [0.717, 1.165) is 32.1 Å². The molecule has 1 aliphatic heterocycles. The largest absolute Gasteiger partial charge is 0.352 e. The summed E-state index contributed by atoms with van der Waals surface area (Å²) < 4.78 is 0. The van der Waals surface area contributed by atoms with Gasteiger partial charge in [-0.05, 0) is 31.1 Å². The lowest BCUT2D eigenvalue weighted by atomic mass is 10.1. The van der Waals surface area contributed by atoms with Crippen molar-refractivity contribution < 1.29 is 0 Å². The number of benzene rings is 1. The summed E-state index contributed by atoms with van der Waals surface area (Å²) in [6.45, 7) is 8.60. The summed E-state index contributed by atoms with van der Waals surface area (Å²) in [5.41, 5.74) is 2.64. The van der Waals surface area contributed by atoms with Crippen LogP contribution in [0, 0.1) is 5.92 Å². The summed E-state index contributed by atoms with van der Waals surface area (Å²) in [5, 5.41) is 4.23. The highest BCUT2D eigenvalue weighted by molar-refractivity contribution is 8.00. The van der Waals surface area contributed by atoms with Crippen molar-refractivity contribution in [3.8, 4) is 0 Å². The minimum absolute atomic E-state index is 0.697. The van der Waals surface area contributed by atoms with E-state index < -0.39 is 0 Å². The number of hydrogen-bond donors (Lipinski definition) is 1. The van der Waals surface area contributed by atoms with Gasteiger partial charge in [0, 0.05) is 44.2 Å². The third-order valence-electron chi connectivity index (χ3n) is 4.32. The van der Waals surface area contributed by atoms with Crippen molar-refractivity contribution in [2.75, 3.05) is 40.0 Å². The van der Waals surface area contributed by atoms with E-state index in [1.807, 2.05) is 7.05 Å². The highest BCUT2D eigenvalue weighted by Gasteiger charge is 2.24. The maximum atomic E-state index is 4.49. The van der Waals surface area contributed by atoms with E-state index in [0.29, 0.717) is 11.2 Å². The van der Waals surface area contributed by atoms with E-state index in [9.17, 15) is 0 Å². The van der Waals surface area contributed by atoms with Crippen molar-refractivity contribution in [3.05, 3.63) is 35.4 Å². The number of rotatable bonds is 5. The molecule has 1 fully saturated rings. The van der Waals surface area contributed by atoms with Crippen LogP contribution in [-0.4, -0.2) is 61.0 Å². The van der Waals surface area contributed by atoms with Crippen LogP contribution in [0.25, 0.3) is 0 Å². The van der Waals surface area contributed by atoms with Crippen LogP contribution in [0.4, 0.5) is 0 Å². The van der Waals surface area contributed by atoms with E-state index in [2.05, 4.69) is 84.1 Å². The normalized spacial score (nSPS) is 19.2. The molecular weight excluding hydrogens is 316 g/mol. The van der Waals surface area contributed by atoms with Gasteiger partial charge in [-0.15, -0.1) is 0 Å². The van der Waals surface area contributed by atoms with Gasteiger partial charge in [0.2, 0.25) is 0 Å². The molecule has 1 aliphatic rings. The Balaban J connectivity index is 1.89. The molecule has 0 spiro atoms. The summed E-state index contributed by atoms with van der Waals surface area (Å²) in [5.74, 6) is 2.92. The minimum Gasteiger partial charge on any atom is -0.352 e. The second kappa shape index (κ2) is 9.33. The van der Waals surface area contributed by atoms with E-state index in [4.69, 9.17) is 0 Å². The molecule has 134 valence electrons. The average molecular weight is 349 g/mol. The zero-order valence-corrected chi connectivity index (χ0v) is 16.6. The Morgan fingerprint density at radius 1 is 1.29 bits per heavy atom. The summed E-state index contributed by atoms with van der Waals surface area (Å²) >= 11 is 2.10. The predicted octanol–water partition coefficient (Wildman–Crippen LogP) is 2.90. The Bertz CT molecular complexity index is 525. The molecule has 5 heteroatoms. The van der Waals surface area contributed by atoms with Gasteiger partial charge >= 0.3 is 0 Å². The zero-order chi connectivity index (χ0) is 17.5. The first kappa shape index (κ1) is 19.1. The number of nitrogens with one attached hydrogen (secondary N) is 1. The van der Waals surface area contributed by atoms with Crippen LogP contribution >= 0.6 is 11.8 Å². The fourth-order valence-electron chi connectivity index (χ4n) is 2.91. The molecule has 4 nitrogen and oxygen atoms in total. The molecule has 1 aromatic rings. The topological polar surface area (TPSA) is 30.9 Å². The van der Waals surface area contributed by atoms with Crippen LogP contribution < -0.4 is 5.32 Å². The van der Waals surface area contributed by atoms with E-state index >= 15 is 0 Å². The molecule has 24 heavy (non-hydrogen) atoms. The Morgan fingerprint density at radius 3 is 2.54 bits per heavy atom. The first-order chi connectivity index (χ1) is 11.5. The third kappa shape index (κ3) is 5.71. The molecule has 0 bridgehead atoms. The molecule has 1 atom stereocenters. The van der Waals surface area contributed by atoms with Crippen LogP contribution in [-0.2, 0) is 13.1 Å². The average Bonchev–Trinajstić information content (AvgIpc) is 2.56. The number of nitrogens with zero attached hydrogens (tertiary/aromatic N) is 3. The quantitative estimate of drug-likeness (QED) is 0.655. The van der Waals surface area contributed by atoms with E-state index in [1.54, 1.807) is 0 Å². The number of thioether (sulfide) groups is 1. The number of hydrogen-bond acceptors (Lipinski definition) is 3. The summed E-state index contributed by atoms with van der Waals surface area (Å²) in [4.78, 5) is 9.09. The Kier molecular flexibility index (Phi) is 7.43. The van der Waals surface area contributed by atoms with E-state index in [-0.39, 0.29) is 0 Å². The second-order valence-electron chi connectivity index (χ2n) is 7.05. The Hall–Kier alpha value is -1.20. The van der Waals surface area contributed by atoms with Crippen LogP contribution in [0.3, 0.4) is 0 Å². The molecule has 1 heterocycles. The van der Waals surface area contributed by atoms with E-state index in [1.165, 1.54) is 16.9 Å². The first-order valence-electron chi connectivity index (χ1n) is 8.79. The minimum atomic E-state index is 0.697. The van der Waals surface area contributed by atoms with Gasteiger partial charge in [0.1, 0.15) is 0 Å². The standard InChI is InChI=1S/C19H32N4S/c1-15(2)18-14-23(10-11-24-18)19(20-3)21-12-16-6-8-17(9-7-16)13-22(4)5/h6-9,15,18H,10-14H2,1-5H3,(H,20,21). The smallest absolute Gasteiger partial charge is 0.193 e. The summed E-state index contributed by atoms with van der Waals surface area (Å²) in [7, 11) is 6.08. The molecule has 0 aliphatic carbocycles. The highest BCUT2D eigenvalue weighted by atomic mass is 32.2. The maximum Gasteiger partial charge on any atom is 0.193 e. The monoisotopic (exact) mass is 348 g/mol. The molecule has 0 radical (unpaired) electrons. The van der Waals surface area contributed by atoms with Crippen molar-refractivity contribution in [3.63, 3.8) is 0 Å². The SMILES string of the molecule is CN=C(NCc1ccc(CN(C)C)cc1)N1CCSC(C(C)C)C1. The van der Waals surface area contributed by atoms with Crippen molar-refractivity contribution in [1.29, 1.82) is 0 Å². The van der Waals surface area contributed by atoms with Gasteiger partial charge in [0.05, 0.1) is 0 Å². The molecule has 1 saturated heterocycles. The van der Waals surface area contributed by atoms with Crippen molar-refractivity contribution >= 4 is 17.7 Å². The second-order valence-corrected chi connectivity index (χ2v) is 8.40. The predicted molar refractivity (Wildman–Crippen MR) is 107 cm³/mol. The lowest BCUT2D eigenvalue weighted by Gasteiger charge is -2.36. The van der Waals surface area contributed by atoms with Crippen LogP contribution in [0.5, 0.6) is 0 Å². The van der Waals surface area contributed by atoms with Crippen LogP contribution in [0.2, 0.25) is 0 Å². The van der Waals surface area contributed by atoms with Crippen molar-refractivity contribution in [2.45, 2.75) is 32.2 Å². The molecule has 0 aromatic heterocycles. The summed E-state index contributed by atoms with van der Waals surface area (Å²) in [6.07, 6.45) is 0. The fourth-order valence-corrected chi connectivity index (χ4v) is 4.21. The summed E-state index contributed by atoms with van der Waals surface area (Å²) in [6, 6.07) is 8.85. The van der Waals surface area contributed by atoms with Crippen molar-refractivity contribution in [2.24, 2.45) is 10.9 Å².